The van der Waals surface area contributed by atoms with Crippen molar-refractivity contribution in [3.05, 3.63) is 89.4 Å². The molecule has 3 atom stereocenters. The Kier molecular flexibility index (Phi) is 8.17. The number of amides is 1. The number of methoxy groups -OCH3 is 1. The minimum atomic E-state index is -0.400. The van der Waals surface area contributed by atoms with E-state index in [1.165, 1.54) is 0 Å². The number of nitrogens with one attached hydrogen (secondary N) is 1. The zero-order valence-electron chi connectivity index (χ0n) is 21.0. The molecule has 1 aliphatic rings. The molecule has 4 rings (SSSR count). The average Bonchev–Trinajstić information content (AvgIpc) is 3.25. The van der Waals surface area contributed by atoms with Crippen molar-refractivity contribution in [1.82, 2.24) is 4.90 Å². The van der Waals surface area contributed by atoms with Crippen LogP contribution >= 0.6 is 23.8 Å². The molecule has 1 saturated heterocycles. The standard InChI is InChI=1S/C29H32ClN3O2S/c1-19(2)26-18-32(24-8-6-5-7-9-24)29(36)33(26)28(34)20(3)27(21-10-12-22(30)13-11-21)31-23-14-16-25(35-4)17-15-23/h5-17,19-20,26-27,31H,18H2,1-4H3/t20-,26-,27+/m1/s1. The molecule has 1 fully saturated rings. The van der Waals surface area contributed by atoms with E-state index in [4.69, 9.17) is 28.6 Å². The lowest BCUT2D eigenvalue weighted by atomic mass is 9.92. The van der Waals surface area contributed by atoms with Gasteiger partial charge in [-0.05, 0) is 72.2 Å². The van der Waals surface area contributed by atoms with Gasteiger partial charge in [0.15, 0.2) is 5.11 Å². The van der Waals surface area contributed by atoms with Gasteiger partial charge in [0.1, 0.15) is 5.75 Å². The number of nitrogens with zero attached hydrogens (tertiary/aromatic N) is 2. The van der Waals surface area contributed by atoms with Crippen LogP contribution in [-0.2, 0) is 4.79 Å². The fraction of sp³-hybridized carbons (Fsp3) is 0.310. The summed E-state index contributed by atoms with van der Waals surface area (Å²) in [6.07, 6.45) is 0. The summed E-state index contributed by atoms with van der Waals surface area (Å²) in [7, 11) is 1.64. The van der Waals surface area contributed by atoms with Crippen molar-refractivity contribution in [2.24, 2.45) is 11.8 Å². The Hall–Kier alpha value is -3.09. The highest BCUT2D eigenvalue weighted by atomic mass is 35.5. The van der Waals surface area contributed by atoms with E-state index in [1.54, 1.807) is 7.11 Å². The lowest BCUT2D eigenvalue weighted by molar-refractivity contribution is -0.133. The van der Waals surface area contributed by atoms with Crippen LogP contribution in [0.1, 0.15) is 32.4 Å². The van der Waals surface area contributed by atoms with E-state index in [-0.39, 0.29) is 23.9 Å². The molecule has 1 amide bonds. The largest absolute Gasteiger partial charge is 0.497 e. The van der Waals surface area contributed by atoms with Gasteiger partial charge in [-0.1, -0.05) is 62.7 Å². The lowest BCUT2D eigenvalue weighted by Crippen LogP contribution is -2.46. The molecule has 0 radical (unpaired) electrons. The summed E-state index contributed by atoms with van der Waals surface area (Å²) in [5, 5.41) is 4.77. The predicted octanol–water partition coefficient (Wildman–Crippen LogP) is 6.80. The average molecular weight is 522 g/mol. The van der Waals surface area contributed by atoms with Crippen molar-refractivity contribution < 1.29 is 9.53 Å². The first kappa shape index (κ1) is 26.0. The van der Waals surface area contributed by atoms with Crippen LogP contribution in [0.25, 0.3) is 0 Å². The number of para-hydroxylation sites is 1. The van der Waals surface area contributed by atoms with Gasteiger partial charge in [-0.15, -0.1) is 0 Å². The number of ether oxygens (including phenoxy) is 1. The van der Waals surface area contributed by atoms with Crippen LogP contribution in [0.4, 0.5) is 11.4 Å². The number of carbonyl (C=O) groups excluding carboxylic acids is 1. The fourth-order valence-electron chi connectivity index (χ4n) is 4.61. The van der Waals surface area contributed by atoms with Gasteiger partial charge in [0.2, 0.25) is 5.91 Å². The molecule has 0 unspecified atom stereocenters. The van der Waals surface area contributed by atoms with Gasteiger partial charge < -0.3 is 15.0 Å². The third kappa shape index (κ3) is 5.50. The van der Waals surface area contributed by atoms with Crippen LogP contribution in [0.15, 0.2) is 78.9 Å². The number of halogens is 1. The third-order valence-electron chi connectivity index (χ3n) is 6.74. The molecule has 36 heavy (non-hydrogen) atoms. The van der Waals surface area contributed by atoms with E-state index in [0.29, 0.717) is 16.7 Å². The molecule has 0 saturated carbocycles. The molecule has 7 heteroatoms. The van der Waals surface area contributed by atoms with Crippen molar-refractivity contribution in [3.8, 4) is 5.75 Å². The normalized spacial score (nSPS) is 17.3. The number of thiocarbonyl (C=S) groups is 1. The van der Waals surface area contributed by atoms with Crippen LogP contribution < -0.4 is 15.0 Å². The Morgan fingerprint density at radius 1 is 1.00 bits per heavy atom. The maximum atomic E-state index is 14.1. The highest BCUT2D eigenvalue weighted by molar-refractivity contribution is 7.80. The predicted molar refractivity (Wildman–Crippen MR) is 152 cm³/mol. The van der Waals surface area contributed by atoms with Gasteiger partial charge in [-0.25, -0.2) is 0 Å². The monoisotopic (exact) mass is 521 g/mol. The van der Waals surface area contributed by atoms with Crippen LogP contribution in [0.5, 0.6) is 5.75 Å². The highest BCUT2D eigenvalue weighted by Gasteiger charge is 2.43. The second kappa shape index (κ2) is 11.3. The van der Waals surface area contributed by atoms with Crippen molar-refractivity contribution in [2.45, 2.75) is 32.9 Å². The second-order valence-electron chi connectivity index (χ2n) is 9.44. The van der Waals surface area contributed by atoms with Gasteiger partial charge in [-0.2, -0.15) is 0 Å². The van der Waals surface area contributed by atoms with Crippen LogP contribution in [0.3, 0.4) is 0 Å². The molecule has 5 nitrogen and oxygen atoms in total. The molecule has 3 aromatic carbocycles. The minimum absolute atomic E-state index is 0.00177. The van der Waals surface area contributed by atoms with Crippen molar-refractivity contribution in [1.29, 1.82) is 0 Å². The number of rotatable bonds is 8. The molecule has 1 heterocycles. The Labute approximate surface area is 224 Å². The highest BCUT2D eigenvalue weighted by Crippen LogP contribution is 2.34. The van der Waals surface area contributed by atoms with E-state index in [0.717, 1.165) is 22.7 Å². The Morgan fingerprint density at radius 2 is 1.64 bits per heavy atom. The minimum Gasteiger partial charge on any atom is -0.497 e. The fourth-order valence-corrected chi connectivity index (χ4v) is 5.14. The summed E-state index contributed by atoms with van der Waals surface area (Å²) in [6, 6.07) is 25.1. The zero-order chi connectivity index (χ0) is 25.8. The Morgan fingerprint density at radius 3 is 2.22 bits per heavy atom. The molecule has 0 aliphatic carbocycles. The molecular weight excluding hydrogens is 490 g/mol. The summed E-state index contributed by atoms with van der Waals surface area (Å²) in [5.74, 6) is 0.619. The lowest BCUT2D eigenvalue weighted by Gasteiger charge is -2.32. The van der Waals surface area contributed by atoms with E-state index >= 15 is 0 Å². The first-order valence-electron chi connectivity index (χ1n) is 12.2. The quantitative estimate of drug-likeness (QED) is 0.330. The molecule has 1 aliphatic heterocycles. The molecule has 188 valence electrons. The van der Waals surface area contributed by atoms with Gasteiger partial charge in [0.25, 0.3) is 0 Å². The van der Waals surface area contributed by atoms with Gasteiger partial charge in [-0.3, -0.25) is 9.69 Å². The van der Waals surface area contributed by atoms with E-state index in [2.05, 4.69) is 24.1 Å². The number of hydrogen-bond acceptors (Lipinski definition) is 4. The molecule has 0 bridgehead atoms. The number of hydrogen-bond donors (Lipinski definition) is 1. The summed E-state index contributed by atoms with van der Waals surface area (Å²) in [5.41, 5.74) is 2.87. The molecule has 3 aromatic rings. The SMILES string of the molecule is COc1ccc(N[C@H](c2ccc(Cl)cc2)[C@@H](C)C(=O)N2C(=S)N(c3ccccc3)C[C@@H]2C(C)C)cc1. The van der Waals surface area contributed by atoms with E-state index in [1.807, 2.05) is 90.7 Å². The second-order valence-corrected chi connectivity index (χ2v) is 10.2. The third-order valence-corrected chi connectivity index (χ3v) is 7.41. The zero-order valence-corrected chi connectivity index (χ0v) is 22.6. The molecule has 0 spiro atoms. The van der Waals surface area contributed by atoms with Crippen LogP contribution in [0, 0.1) is 11.8 Å². The summed E-state index contributed by atoms with van der Waals surface area (Å²) in [6.45, 7) is 6.91. The van der Waals surface area contributed by atoms with Crippen molar-refractivity contribution in [3.63, 3.8) is 0 Å². The van der Waals surface area contributed by atoms with Crippen molar-refractivity contribution >= 4 is 46.2 Å². The summed E-state index contributed by atoms with van der Waals surface area (Å²) in [4.78, 5) is 18.0. The van der Waals surface area contributed by atoms with Crippen molar-refractivity contribution in [2.75, 3.05) is 23.9 Å². The summed E-state index contributed by atoms with van der Waals surface area (Å²) >= 11 is 12.1. The van der Waals surface area contributed by atoms with Gasteiger partial charge >= 0.3 is 0 Å². The summed E-state index contributed by atoms with van der Waals surface area (Å²) < 4.78 is 5.30. The van der Waals surface area contributed by atoms with E-state index < -0.39 is 5.92 Å². The number of carbonyl (C=O) groups is 1. The maximum Gasteiger partial charge on any atom is 0.234 e. The molecular formula is C29H32ClN3O2S. The number of anilines is 2. The molecule has 0 aromatic heterocycles. The maximum absolute atomic E-state index is 14.1. The first-order chi connectivity index (χ1) is 17.3. The van der Waals surface area contributed by atoms with Gasteiger partial charge in [0, 0.05) is 22.9 Å². The number of benzene rings is 3. The molecule has 1 N–H and O–H groups in total. The topological polar surface area (TPSA) is 44.8 Å². The smallest absolute Gasteiger partial charge is 0.234 e. The Bertz CT molecular complexity index is 1190. The van der Waals surface area contributed by atoms with Crippen LogP contribution in [0.2, 0.25) is 5.02 Å². The van der Waals surface area contributed by atoms with Crippen LogP contribution in [-0.4, -0.2) is 35.6 Å². The van der Waals surface area contributed by atoms with E-state index in [9.17, 15) is 4.79 Å². The first-order valence-corrected chi connectivity index (χ1v) is 12.9. The Balaban J connectivity index is 1.65. The van der Waals surface area contributed by atoms with Gasteiger partial charge in [0.05, 0.1) is 25.1 Å².